The van der Waals surface area contributed by atoms with Crippen molar-refractivity contribution in [2.45, 2.75) is 20.0 Å². The molecule has 1 unspecified atom stereocenters. The quantitative estimate of drug-likeness (QED) is 0.713. The van der Waals surface area contributed by atoms with Crippen LogP contribution in [0.2, 0.25) is 0 Å². The fourth-order valence-corrected chi connectivity index (χ4v) is 1.94. The van der Waals surface area contributed by atoms with Gasteiger partial charge in [-0.15, -0.1) is 12.4 Å². The van der Waals surface area contributed by atoms with Gasteiger partial charge in [-0.1, -0.05) is 13.0 Å². The van der Waals surface area contributed by atoms with Gasteiger partial charge in [0.25, 0.3) is 11.8 Å². The lowest BCUT2D eigenvalue weighted by Crippen LogP contribution is -2.36. The summed E-state index contributed by atoms with van der Waals surface area (Å²) in [5, 5.41) is 8.67. The van der Waals surface area contributed by atoms with Crippen LogP contribution in [-0.4, -0.2) is 37.6 Å². The minimum atomic E-state index is -0.599. The van der Waals surface area contributed by atoms with Gasteiger partial charge in [0.1, 0.15) is 0 Å². The smallest absolute Gasteiger partial charge is 0.265 e. The molecule has 0 spiro atoms. The number of likely N-dealkylation sites (N-methyl/N-ethyl adjacent to an activating group) is 1. The molecular formula is C14H20ClN3O3. The van der Waals surface area contributed by atoms with E-state index in [0.717, 1.165) is 6.54 Å². The molecule has 0 fully saturated rings. The van der Waals surface area contributed by atoms with E-state index >= 15 is 0 Å². The third kappa shape index (κ3) is 4.09. The summed E-state index contributed by atoms with van der Waals surface area (Å²) in [6.45, 7) is 5.78. The van der Waals surface area contributed by atoms with Crippen LogP contribution in [0.5, 0.6) is 5.75 Å². The highest BCUT2D eigenvalue weighted by molar-refractivity contribution is 6.03. The Morgan fingerprint density at radius 3 is 2.86 bits per heavy atom. The molecular weight excluding hydrogens is 294 g/mol. The summed E-state index contributed by atoms with van der Waals surface area (Å²) < 4.78 is 5.54. The monoisotopic (exact) mass is 313 g/mol. The number of anilines is 1. The van der Waals surface area contributed by atoms with E-state index in [1.165, 1.54) is 0 Å². The van der Waals surface area contributed by atoms with Gasteiger partial charge in [0, 0.05) is 13.1 Å². The molecule has 0 saturated carbocycles. The zero-order chi connectivity index (χ0) is 14.5. The number of hydrogen-bond donors (Lipinski definition) is 3. The van der Waals surface area contributed by atoms with Crippen molar-refractivity contribution in [3.05, 3.63) is 23.8 Å². The topological polar surface area (TPSA) is 79.5 Å². The summed E-state index contributed by atoms with van der Waals surface area (Å²) in [5.41, 5.74) is 0.971. The van der Waals surface area contributed by atoms with E-state index in [1.807, 2.05) is 6.92 Å². The lowest BCUT2D eigenvalue weighted by Gasteiger charge is -2.25. The molecule has 1 atom stereocenters. The third-order valence-corrected chi connectivity index (χ3v) is 3.02. The van der Waals surface area contributed by atoms with Crippen molar-refractivity contribution in [2.24, 2.45) is 0 Å². The van der Waals surface area contributed by atoms with Gasteiger partial charge in [-0.3, -0.25) is 9.59 Å². The zero-order valence-corrected chi connectivity index (χ0v) is 12.9. The van der Waals surface area contributed by atoms with Crippen molar-refractivity contribution in [3.8, 4) is 5.75 Å². The number of ether oxygens (including phenoxy) is 1. The first-order valence-electron chi connectivity index (χ1n) is 6.73. The summed E-state index contributed by atoms with van der Waals surface area (Å²) in [6, 6.07) is 5.12. The Kier molecular flexibility index (Phi) is 6.45. The van der Waals surface area contributed by atoms with E-state index in [1.54, 1.807) is 25.1 Å². The molecule has 1 aliphatic rings. The number of hydrogen-bond acceptors (Lipinski definition) is 4. The van der Waals surface area contributed by atoms with Crippen LogP contribution in [-0.2, 0) is 4.79 Å². The number of amides is 2. The normalized spacial score (nSPS) is 16.1. The fraction of sp³-hybridized carbons (Fsp3) is 0.429. The number of fused-ring (bicyclic) bond motifs is 1. The summed E-state index contributed by atoms with van der Waals surface area (Å²) in [7, 11) is 0. The molecule has 0 bridgehead atoms. The average molecular weight is 314 g/mol. The predicted molar refractivity (Wildman–Crippen MR) is 83.3 cm³/mol. The molecule has 3 N–H and O–H groups in total. The predicted octanol–water partition coefficient (Wildman–Crippen LogP) is 1.17. The SMILES string of the molecule is CCNCCNC(=O)c1cccc2c1OC(C)C(=O)N2.Cl. The maximum absolute atomic E-state index is 12.1. The maximum Gasteiger partial charge on any atom is 0.265 e. The van der Waals surface area contributed by atoms with Gasteiger partial charge in [-0.2, -0.15) is 0 Å². The number of halogens is 1. The summed E-state index contributed by atoms with van der Waals surface area (Å²) in [4.78, 5) is 23.7. The van der Waals surface area contributed by atoms with Crippen LogP contribution in [0.4, 0.5) is 5.69 Å². The lowest BCUT2D eigenvalue weighted by molar-refractivity contribution is -0.122. The Bertz CT molecular complexity index is 522. The molecule has 2 rings (SSSR count). The van der Waals surface area contributed by atoms with Gasteiger partial charge in [-0.05, 0) is 25.6 Å². The van der Waals surface area contributed by atoms with Crippen LogP contribution in [0.25, 0.3) is 0 Å². The van der Waals surface area contributed by atoms with Gasteiger partial charge < -0.3 is 20.7 Å². The lowest BCUT2D eigenvalue weighted by atomic mass is 10.1. The highest BCUT2D eigenvalue weighted by atomic mass is 35.5. The second kappa shape index (κ2) is 7.85. The first-order valence-corrected chi connectivity index (χ1v) is 6.73. The Morgan fingerprint density at radius 2 is 2.14 bits per heavy atom. The fourth-order valence-electron chi connectivity index (χ4n) is 1.94. The van der Waals surface area contributed by atoms with E-state index in [9.17, 15) is 9.59 Å². The highest BCUT2D eigenvalue weighted by Gasteiger charge is 2.27. The first-order chi connectivity index (χ1) is 9.63. The van der Waals surface area contributed by atoms with Gasteiger partial charge in [-0.25, -0.2) is 0 Å². The number of benzene rings is 1. The van der Waals surface area contributed by atoms with Crippen molar-refractivity contribution in [1.82, 2.24) is 10.6 Å². The molecule has 1 aromatic rings. The molecule has 1 heterocycles. The van der Waals surface area contributed by atoms with Gasteiger partial charge in [0.15, 0.2) is 11.9 Å². The molecule has 0 aromatic heterocycles. The van der Waals surface area contributed by atoms with E-state index in [-0.39, 0.29) is 24.2 Å². The van der Waals surface area contributed by atoms with E-state index in [0.29, 0.717) is 30.1 Å². The Balaban J connectivity index is 0.00000220. The van der Waals surface area contributed by atoms with Crippen molar-refractivity contribution < 1.29 is 14.3 Å². The number of nitrogens with one attached hydrogen (secondary N) is 3. The van der Waals surface area contributed by atoms with Crippen LogP contribution in [0.1, 0.15) is 24.2 Å². The summed E-state index contributed by atoms with van der Waals surface area (Å²) >= 11 is 0. The molecule has 1 aromatic carbocycles. The number of carbonyl (C=O) groups is 2. The van der Waals surface area contributed by atoms with Crippen molar-refractivity contribution in [3.63, 3.8) is 0 Å². The molecule has 1 aliphatic heterocycles. The number of rotatable bonds is 5. The van der Waals surface area contributed by atoms with E-state index in [4.69, 9.17) is 4.74 Å². The largest absolute Gasteiger partial charge is 0.478 e. The van der Waals surface area contributed by atoms with E-state index < -0.39 is 6.10 Å². The summed E-state index contributed by atoms with van der Waals surface area (Å²) in [6.07, 6.45) is -0.599. The van der Waals surface area contributed by atoms with Crippen LogP contribution in [0, 0.1) is 0 Å². The number of para-hydroxylation sites is 1. The molecule has 2 amide bonds. The Hall–Kier alpha value is -1.79. The minimum absolute atomic E-state index is 0. The minimum Gasteiger partial charge on any atom is -0.478 e. The molecule has 0 aliphatic carbocycles. The van der Waals surface area contributed by atoms with Crippen LogP contribution < -0.4 is 20.7 Å². The van der Waals surface area contributed by atoms with Crippen molar-refractivity contribution >= 4 is 29.9 Å². The summed E-state index contributed by atoms with van der Waals surface area (Å²) in [5.74, 6) is 0.0193. The maximum atomic E-state index is 12.1. The van der Waals surface area contributed by atoms with Crippen LogP contribution in [0.15, 0.2) is 18.2 Å². The Labute approximate surface area is 130 Å². The van der Waals surface area contributed by atoms with Gasteiger partial charge >= 0.3 is 0 Å². The first kappa shape index (κ1) is 17.3. The van der Waals surface area contributed by atoms with Crippen LogP contribution >= 0.6 is 12.4 Å². The van der Waals surface area contributed by atoms with Crippen molar-refractivity contribution in [2.75, 3.05) is 25.0 Å². The third-order valence-electron chi connectivity index (χ3n) is 3.02. The molecule has 6 nitrogen and oxygen atoms in total. The molecule has 21 heavy (non-hydrogen) atoms. The molecule has 7 heteroatoms. The second-order valence-corrected chi connectivity index (χ2v) is 4.54. The standard InChI is InChI=1S/C14H19N3O3.ClH/c1-3-15-7-8-16-14(19)10-5-4-6-11-12(10)20-9(2)13(18)17-11;/h4-6,9,15H,3,7-8H2,1-2H3,(H,16,19)(H,17,18);1H. The van der Waals surface area contributed by atoms with E-state index in [2.05, 4.69) is 16.0 Å². The average Bonchev–Trinajstić information content (AvgIpc) is 2.44. The van der Waals surface area contributed by atoms with Gasteiger partial charge in [0.05, 0.1) is 11.3 Å². The highest BCUT2D eigenvalue weighted by Crippen LogP contribution is 2.33. The van der Waals surface area contributed by atoms with Crippen molar-refractivity contribution in [1.29, 1.82) is 0 Å². The number of carbonyl (C=O) groups excluding carboxylic acids is 2. The Morgan fingerprint density at radius 1 is 1.38 bits per heavy atom. The van der Waals surface area contributed by atoms with Crippen LogP contribution in [0.3, 0.4) is 0 Å². The molecule has 116 valence electrons. The van der Waals surface area contributed by atoms with Gasteiger partial charge in [0.2, 0.25) is 0 Å². The second-order valence-electron chi connectivity index (χ2n) is 4.54. The zero-order valence-electron chi connectivity index (χ0n) is 12.1. The molecule has 0 radical (unpaired) electrons. The molecule has 0 saturated heterocycles.